The summed E-state index contributed by atoms with van der Waals surface area (Å²) in [4.78, 5) is 38.2. The van der Waals surface area contributed by atoms with Crippen LogP contribution in [0.2, 0.25) is 0 Å². The number of hydrogen-bond acceptors (Lipinski definition) is 4. The van der Waals surface area contributed by atoms with Gasteiger partial charge in [0, 0.05) is 13.1 Å². The summed E-state index contributed by atoms with van der Waals surface area (Å²) in [5, 5.41) is 4.87. The SMILES string of the molecule is CCOC(=O)C1CCN(C(=O)CNC(=O)Cc2cccc3ccccc23)CC1. The lowest BCUT2D eigenvalue weighted by atomic mass is 9.97. The van der Waals surface area contributed by atoms with Crippen LogP contribution < -0.4 is 5.32 Å². The number of amides is 2. The molecule has 148 valence electrons. The molecule has 28 heavy (non-hydrogen) atoms. The number of likely N-dealkylation sites (tertiary alicyclic amines) is 1. The molecule has 0 saturated carbocycles. The van der Waals surface area contributed by atoms with E-state index in [4.69, 9.17) is 4.74 Å². The van der Waals surface area contributed by atoms with E-state index in [1.54, 1.807) is 11.8 Å². The maximum atomic E-state index is 12.4. The lowest BCUT2D eigenvalue weighted by Gasteiger charge is -2.31. The first-order valence-electron chi connectivity index (χ1n) is 9.76. The van der Waals surface area contributed by atoms with Gasteiger partial charge in [-0.1, -0.05) is 42.5 Å². The summed E-state index contributed by atoms with van der Waals surface area (Å²) < 4.78 is 5.04. The number of carbonyl (C=O) groups excluding carboxylic acids is 3. The van der Waals surface area contributed by atoms with Gasteiger partial charge >= 0.3 is 5.97 Å². The first-order chi connectivity index (χ1) is 13.6. The summed E-state index contributed by atoms with van der Waals surface area (Å²) in [7, 11) is 0. The number of rotatable bonds is 6. The highest BCUT2D eigenvalue weighted by molar-refractivity contribution is 5.91. The van der Waals surface area contributed by atoms with Crippen molar-refractivity contribution in [2.45, 2.75) is 26.2 Å². The minimum atomic E-state index is -0.182. The van der Waals surface area contributed by atoms with Crippen molar-refractivity contribution in [3.05, 3.63) is 48.0 Å². The van der Waals surface area contributed by atoms with Crippen molar-refractivity contribution >= 4 is 28.6 Å². The third-order valence-corrected chi connectivity index (χ3v) is 5.14. The molecular formula is C22H26N2O4. The Morgan fingerprint density at radius 2 is 1.79 bits per heavy atom. The third-order valence-electron chi connectivity index (χ3n) is 5.14. The molecule has 0 aromatic heterocycles. The van der Waals surface area contributed by atoms with Gasteiger partial charge in [-0.05, 0) is 36.1 Å². The van der Waals surface area contributed by atoms with Gasteiger partial charge in [-0.15, -0.1) is 0 Å². The Morgan fingerprint density at radius 3 is 2.54 bits per heavy atom. The largest absolute Gasteiger partial charge is 0.466 e. The third kappa shape index (κ3) is 4.88. The molecule has 0 spiro atoms. The quantitative estimate of drug-likeness (QED) is 0.778. The van der Waals surface area contributed by atoms with Gasteiger partial charge in [-0.2, -0.15) is 0 Å². The van der Waals surface area contributed by atoms with Crippen LogP contribution in [0.25, 0.3) is 10.8 Å². The lowest BCUT2D eigenvalue weighted by molar-refractivity contribution is -0.151. The zero-order valence-corrected chi connectivity index (χ0v) is 16.1. The second-order valence-corrected chi connectivity index (χ2v) is 7.00. The second kappa shape index (κ2) is 9.35. The number of esters is 1. The fraction of sp³-hybridized carbons (Fsp3) is 0.409. The van der Waals surface area contributed by atoms with E-state index in [1.807, 2.05) is 42.5 Å². The molecule has 0 radical (unpaired) electrons. The average Bonchev–Trinajstić information content (AvgIpc) is 2.72. The van der Waals surface area contributed by atoms with E-state index in [1.165, 1.54) is 0 Å². The van der Waals surface area contributed by atoms with Crippen LogP contribution in [0.1, 0.15) is 25.3 Å². The number of ether oxygens (including phenoxy) is 1. The van der Waals surface area contributed by atoms with Gasteiger partial charge in [0.1, 0.15) is 0 Å². The van der Waals surface area contributed by atoms with Crippen molar-refractivity contribution < 1.29 is 19.1 Å². The Bertz CT molecular complexity index is 851. The van der Waals surface area contributed by atoms with E-state index in [0.29, 0.717) is 32.5 Å². The van der Waals surface area contributed by atoms with Crippen LogP contribution in [0.15, 0.2) is 42.5 Å². The number of piperidine rings is 1. The monoisotopic (exact) mass is 382 g/mol. The second-order valence-electron chi connectivity index (χ2n) is 7.00. The highest BCUT2D eigenvalue weighted by atomic mass is 16.5. The highest BCUT2D eigenvalue weighted by Crippen LogP contribution is 2.20. The number of hydrogen-bond donors (Lipinski definition) is 1. The van der Waals surface area contributed by atoms with Gasteiger partial charge in [0.2, 0.25) is 11.8 Å². The molecule has 0 bridgehead atoms. The van der Waals surface area contributed by atoms with Gasteiger partial charge in [0.25, 0.3) is 0 Å². The van der Waals surface area contributed by atoms with E-state index >= 15 is 0 Å². The molecule has 6 nitrogen and oxygen atoms in total. The predicted molar refractivity (Wildman–Crippen MR) is 107 cm³/mol. The molecule has 0 aliphatic carbocycles. The zero-order chi connectivity index (χ0) is 19.9. The van der Waals surface area contributed by atoms with Crippen molar-refractivity contribution in [3.8, 4) is 0 Å². The minimum Gasteiger partial charge on any atom is -0.466 e. The summed E-state index contributed by atoms with van der Waals surface area (Å²) in [6.07, 6.45) is 1.45. The molecule has 1 saturated heterocycles. The smallest absolute Gasteiger partial charge is 0.309 e. The summed E-state index contributed by atoms with van der Waals surface area (Å²) in [5.41, 5.74) is 0.943. The standard InChI is InChI=1S/C22H26N2O4/c1-2-28-22(27)17-10-12-24(13-11-17)21(26)15-23-20(25)14-18-8-5-7-16-6-3-4-9-19(16)18/h3-9,17H,2,10-15H2,1H3,(H,23,25). The van der Waals surface area contributed by atoms with Crippen molar-refractivity contribution in [3.63, 3.8) is 0 Å². The predicted octanol–water partition coefficient (Wildman–Crippen LogP) is 2.30. The molecule has 2 aromatic carbocycles. The summed E-state index contributed by atoms with van der Waals surface area (Å²) in [6, 6.07) is 13.8. The van der Waals surface area contributed by atoms with Gasteiger partial charge in [-0.25, -0.2) is 0 Å². The van der Waals surface area contributed by atoms with Crippen LogP contribution >= 0.6 is 0 Å². The van der Waals surface area contributed by atoms with Gasteiger partial charge < -0.3 is 15.0 Å². The average molecular weight is 382 g/mol. The number of carbonyl (C=O) groups is 3. The van der Waals surface area contributed by atoms with Crippen LogP contribution in [0, 0.1) is 5.92 Å². The zero-order valence-electron chi connectivity index (χ0n) is 16.1. The topological polar surface area (TPSA) is 75.7 Å². The molecule has 1 fully saturated rings. The van der Waals surface area contributed by atoms with Crippen LogP contribution in [0.3, 0.4) is 0 Å². The maximum absolute atomic E-state index is 12.4. The molecular weight excluding hydrogens is 356 g/mol. The Hall–Kier alpha value is -2.89. The molecule has 1 heterocycles. The molecule has 3 rings (SSSR count). The highest BCUT2D eigenvalue weighted by Gasteiger charge is 2.28. The van der Waals surface area contributed by atoms with E-state index < -0.39 is 0 Å². The van der Waals surface area contributed by atoms with Crippen LogP contribution in [-0.2, 0) is 25.5 Å². The minimum absolute atomic E-state index is 0.0202. The molecule has 1 aliphatic heterocycles. The van der Waals surface area contributed by atoms with Crippen molar-refractivity contribution in [1.29, 1.82) is 0 Å². The van der Waals surface area contributed by atoms with Crippen molar-refractivity contribution in [2.24, 2.45) is 5.92 Å². The number of benzene rings is 2. The Labute approximate surface area is 164 Å². The van der Waals surface area contributed by atoms with Crippen LogP contribution in [0.4, 0.5) is 0 Å². The van der Waals surface area contributed by atoms with Gasteiger partial charge in [-0.3, -0.25) is 14.4 Å². The van der Waals surface area contributed by atoms with E-state index in [0.717, 1.165) is 16.3 Å². The van der Waals surface area contributed by atoms with Crippen LogP contribution in [-0.4, -0.2) is 48.9 Å². The van der Waals surface area contributed by atoms with E-state index in [2.05, 4.69) is 5.32 Å². The lowest BCUT2D eigenvalue weighted by Crippen LogP contribution is -2.45. The first-order valence-corrected chi connectivity index (χ1v) is 9.76. The van der Waals surface area contributed by atoms with Gasteiger partial charge in [0.05, 0.1) is 25.5 Å². The molecule has 1 N–H and O–H groups in total. The molecule has 0 atom stereocenters. The fourth-order valence-corrected chi connectivity index (χ4v) is 3.59. The Morgan fingerprint density at radius 1 is 1.07 bits per heavy atom. The summed E-state index contributed by atoms with van der Waals surface area (Å²) in [6.45, 7) is 3.18. The van der Waals surface area contributed by atoms with E-state index in [-0.39, 0.29) is 36.7 Å². The molecule has 6 heteroatoms. The van der Waals surface area contributed by atoms with Crippen molar-refractivity contribution in [1.82, 2.24) is 10.2 Å². The number of nitrogens with one attached hydrogen (secondary N) is 1. The number of nitrogens with zero attached hydrogens (tertiary/aromatic N) is 1. The van der Waals surface area contributed by atoms with Crippen molar-refractivity contribution in [2.75, 3.05) is 26.2 Å². The summed E-state index contributed by atoms with van der Waals surface area (Å²) >= 11 is 0. The number of fused-ring (bicyclic) bond motifs is 1. The molecule has 2 amide bonds. The fourth-order valence-electron chi connectivity index (χ4n) is 3.59. The van der Waals surface area contributed by atoms with Crippen LogP contribution in [0.5, 0.6) is 0 Å². The van der Waals surface area contributed by atoms with Gasteiger partial charge in [0.15, 0.2) is 0 Å². The molecule has 2 aromatic rings. The maximum Gasteiger partial charge on any atom is 0.309 e. The van der Waals surface area contributed by atoms with E-state index in [9.17, 15) is 14.4 Å². The molecule has 1 aliphatic rings. The molecule has 0 unspecified atom stereocenters. The summed E-state index contributed by atoms with van der Waals surface area (Å²) in [5.74, 6) is -0.609. The Kier molecular flexibility index (Phi) is 6.63. The normalized spacial score (nSPS) is 14.7. The Balaban J connectivity index is 1.47. The first kappa shape index (κ1) is 19.9.